The van der Waals surface area contributed by atoms with Crippen molar-refractivity contribution in [3.05, 3.63) is 91.4 Å². The van der Waals surface area contributed by atoms with Gasteiger partial charge in [0.25, 0.3) is 21.5 Å². The Kier molecular flexibility index (Phi) is 11.3. The number of H-pyrrole nitrogens is 1. The number of pyridine rings is 1. The van der Waals surface area contributed by atoms with Crippen LogP contribution >= 0.6 is 0 Å². The predicted octanol–water partition coefficient (Wildman–Crippen LogP) is 4.37. The van der Waals surface area contributed by atoms with E-state index in [1.54, 1.807) is 19.9 Å². The molecule has 0 saturated heterocycles. The van der Waals surface area contributed by atoms with Gasteiger partial charge in [0.2, 0.25) is 5.96 Å². The van der Waals surface area contributed by atoms with Crippen LogP contribution in [0.15, 0.2) is 51.1 Å². The molecule has 0 fully saturated rings. The molecule has 264 valence electrons. The van der Waals surface area contributed by atoms with Crippen LogP contribution in [-0.4, -0.2) is 54.5 Å². The second kappa shape index (κ2) is 14.9. The Morgan fingerprint density at radius 1 is 1.06 bits per heavy atom. The smallest absolute Gasteiger partial charge is 0.326 e. The molecule has 0 radical (unpaired) electrons. The maximum atomic E-state index is 13.4. The minimum absolute atomic E-state index is 0.00840. The number of sulfonamides is 1. The first-order valence-electron chi connectivity index (χ1n) is 16.4. The summed E-state index contributed by atoms with van der Waals surface area (Å²) < 4.78 is 35.4. The number of carbonyl (C=O) groups is 2. The highest BCUT2D eigenvalue weighted by Gasteiger charge is 2.33. The molecule has 2 heterocycles. The number of carbonyl (C=O) groups excluding carboxylic acids is 1. The summed E-state index contributed by atoms with van der Waals surface area (Å²) in [4.78, 5) is 44.4. The van der Waals surface area contributed by atoms with Gasteiger partial charge in [0.1, 0.15) is 23.0 Å². The highest BCUT2D eigenvalue weighted by Crippen LogP contribution is 2.42. The molecular weight excluding hydrogens is 646 g/mol. The number of amides is 1. The number of carboxylic acids is 1. The van der Waals surface area contributed by atoms with Gasteiger partial charge < -0.3 is 25.9 Å². The van der Waals surface area contributed by atoms with E-state index in [0.29, 0.717) is 35.6 Å². The number of ether oxygens (including phenoxy) is 1. The number of aromatic amines is 1. The van der Waals surface area contributed by atoms with Crippen molar-refractivity contribution in [1.29, 1.82) is 0 Å². The number of rotatable bonds is 12. The van der Waals surface area contributed by atoms with Crippen LogP contribution in [0.1, 0.15) is 102 Å². The van der Waals surface area contributed by atoms with Crippen molar-refractivity contribution in [2.45, 2.75) is 103 Å². The Morgan fingerprint density at radius 2 is 1.73 bits per heavy atom. The summed E-state index contributed by atoms with van der Waals surface area (Å²) >= 11 is 0. The van der Waals surface area contributed by atoms with E-state index in [-0.39, 0.29) is 41.4 Å². The van der Waals surface area contributed by atoms with Crippen molar-refractivity contribution >= 4 is 27.9 Å². The van der Waals surface area contributed by atoms with E-state index in [4.69, 9.17) is 10.5 Å². The van der Waals surface area contributed by atoms with Gasteiger partial charge in [0.05, 0.1) is 4.90 Å². The summed E-state index contributed by atoms with van der Waals surface area (Å²) in [6.45, 7) is 13.5. The number of guanidine groups is 1. The number of hydrogen-bond acceptors (Lipinski definition) is 7. The van der Waals surface area contributed by atoms with Gasteiger partial charge in [-0.1, -0.05) is 38.1 Å². The molecule has 1 aromatic heterocycles. The first kappa shape index (κ1) is 37.2. The molecule has 0 saturated carbocycles. The van der Waals surface area contributed by atoms with Crippen molar-refractivity contribution in [3.8, 4) is 5.75 Å². The number of nitrogens with zero attached hydrogens (tertiary/aromatic N) is 1. The summed E-state index contributed by atoms with van der Waals surface area (Å²) in [5.41, 5.74) is 10.3. The number of aromatic nitrogens is 1. The minimum atomic E-state index is -4.09. The van der Waals surface area contributed by atoms with Crippen LogP contribution in [0.25, 0.3) is 0 Å². The van der Waals surface area contributed by atoms with Gasteiger partial charge in [0, 0.05) is 18.7 Å². The lowest BCUT2D eigenvalue weighted by Gasteiger charge is -2.35. The highest BCUT2D eigenvalue weighted by molar-refractivity contribution is 7.90. The summed E-state index contributed by atoms with van der Waals surface area (Å²) in [7, 11) is -4.09. The fourth-order valence-electron chi connectivity index (χ4n) is 6.00. The standard InChI is InChI=1S/C36H47N5O7S/c1-20(2)25-12-10-24(11-13-25)19-26-14-15-28(32(42)39-26)33(43)40-29(34(44)45)9-8-18-38-35(37)41-49(46,47)31-22(4)21(3)30-27(23(31)5)16-17-36(6,7)48-30/h10-15,20,29H,8-9,16-19H2,1-7H3,(H,39,42)(H,40,43)(H,44,45)(H3,37,38,41)/t29-/m0/s1. The molecule has 4 rings (SSSR count). The highest BCUT2D eigenvalue weighted by atomic mass is 32.2. The Hall–Kier alpha value is -4.65. The largest absolute Gasteiger partial charge is 0.487 e. The van der Waals surface area contributed by atoms with Crippen molar-refractivity contribution in [1.82, 2.24) is 15.0 Å². The quantitative estimate of drug-likeness (QED) is 0.105. The van der Waals surface area contributed by atoms with E-state index in [9.17, 15) is 27.9 Å². The van der Waals surface area contributed by atoms with Crippen molar-refractivity contribution < 1.29 is 27.9 Å². The SMILES string of the molecule is Cc1c(C)c(S(=O)(=O)NC(N)=NCCC[C@H](NC(=O)c2ccc(Cc3ccc(C(C)C)cc3)[nH]c2=O)C(=O)O)c(C)c2c1OC(C)(C)CC2. The summed E-state index contributed by atoms with van der Waals surface area (Å²) in [6.07, 6.45) is 2.01. The number of benzene rings is 2. The second-order valence-electron chi connectivity index (χ2n) is 13.6. The Labute approximate surface area is 287 Å². The molecule has 1 atom stereocenters. The van der Waals surface area contributed by atoms with Gasteiger partial charge in [-0.3, -0.25) is 14.6 Å². The molecule has 0 bridgehead atoms. The lowest BCUT2D eigenvalue weighted by molar-refractivity contribution is -0.139. The molecule has 1 amide bonds. The van der Waals surface area contributed by atoms with Crippen molar-refractivity contribution in [3.63, 3.8) is 0 Å². The molecule has 0 spiro atoms. The van der Waals surface area contributed by atoms with Gasteiger partial charge in [-0.15, -0.1) is 0 Å². The molecule has 0 aliphatic carbocycles. The molecule has 49 heavy (non-hydrogen) atoms. The van der Waals surface area contributed by atoms with E-state index in [1.165, 1.54) is 11.6 Å². The molecule has 6 N–H and O–H groups in total. The molecule has 0 unspecified atom stereocenters. The van der Waals surface area contributed by atoms with Crippen LogP contribution in [-0.2, 0) is 27.7 Å². The lowest BCUT2D eigenvalue weighted by atomic mass is 9.88. The van der Waals surface area contributed by atoms with E-state index in [1.807, 2.05) is 45.0 Å². The fourth-order valence-corrected chi connectivity index (χ4v) is 7.52. The number of aliphatic imine (C=N–C) groups is 1. The second-order valence-corrected chi connectivity index (χ2v) is 15.2. The van der Waals surface area contributed by atoms with Crippen LogP contribution in [0.4, 0.5) is 0 Å². The Balaban J connectivity index is 1.35. The average Bonchev–Trinajstić information content (AvgIpc) is 3.00. The minimum Gasteiger partial charge on any atom is -0.487 e. The number of nitrogens with one attached hydrogen (secondary N) is 3. The molecule has 1 aliphatic rings. The molecule has 13 heteroatoms. The summed E-state index contributed by atoms with van der Waals surface area (Å²) in [5.74, 6) is -1.33. The zero-order valence-corrected chi connectivity index (χ0v) is 30.0. The average molecular weight is 694 g/mol. The fraction of sp³-hybridized carbons (Fsp3) is 0.444. The molecule has 3 aromatic rings. The maximum Gasteiger partial charge on any atom is 0.326 e. The molecule has 1 aliphatic heterocycles. The van der Waals surface area contributed by atoms with E-state index >= 15 is 0 Å². The van der Waals surface area contributed by atoms with Crippen molar-refractivity contribution in [2.75, 3.05) is 6.54 Å². The molecule has 2 aromatic carbocycles. The van der Waals surface area contributed by atoms with E-state index in [2.05, 4.69) is 33.9 Å². The summed E-state index contributed by atoms with van der Waals surface area (Å²) in [5, 5.41) is 12.1. The third kappa shape index (κ3) is 8.88. The topological polar surface area (TPSA) is 193 Å². The number of hydrogen-bond donors (Lipinski definition) is 5. The Bertz CT molecular complexity index is 1930. The number of aliphatic carboxylic acids is 1. The predicted molar refractivity (Wildman–Crippen MR) is 189 cm³/mol. The van der Waals surface area contributed by atoms with Gasteiger partial charge in [-0.2, -0.15) is 0 Å². The normalized spacial score (nSPS) is 14.9. The summed E-state index contributed by atoms with van der Waals surface area (Å²) in [6, 6.07) is 9.76. The van der Waals surface area contributed by atoms with Gasteiger partial charge in [-0.05, 0) is 112 Å². The number of nitrogens with two attached hydrogens (primary N) is 1. The van der Waals surface area contributed by atoms with Gasteiger partial charge >= 0.3 is 5.97 Å². The van der Waals surface area contributed by atoms with Crippen LogP contribution < -0.4 is 26.1 Å². The van der Waals surface area contributed by atoms with Crippen LogP contribution in [0.5, 0.6) is 5.75 Å². The zero-order chi connectivity index (χ0) is 36.3. The maximum absolute atomic E-state index is 13.4. The van der Waals surface area contributed by atoms with Crippen LogP contribution in [0.3, 0.4) is 0 Å². The third-order valence-electron chi connectivity index (χ3n) is 8.97. The lowest BCUT2D eigenvalue weighted by Crippen LogP contribution is -2.42. The van der Waals surface area contributed by atoms with Crippen LogP contribution in [0, 0.1) is 20.8 Å². The van der Waals surface area contributed by atoms with Gasteiger partial charge in [0.15, 0.2) is 0 Å². The number of carboxylic acid groups (broad SMARTS) is 1. The van der Waals surface area contributed by atoms with Crippen LogP contribution in [0.2, 0.25) is 0 Å². The zero-order valence-electron chi connectivity index (χ0n) is 29.2. The molecule has 12 nitrogen and oxygen atoms in total. The van der Waals surface area contributed by atoms with E-state index in [0.717, 1.165) is 28.9 Å². The first-order valence-corrected chi connectivity index (χ1v) is 17.9. The first-order chi connectivity index (χ1) is 22.9. The Morgan fingerprint density at radius 3 is 2.35 bits per heavy atom. The van der Waals surface area contributed by atoms with E-state index < -0.39 is 33.5 Å². The third-order valence-corrected chi connectivity index (χ3v) is 10.6. The van der Waals surface area contributed by atoms with Gasteiger partial charge in [-0.25, -0.2) is 17.9 Å². The van der Waals surface area contributed by atoms with Crippen molar-refractivity contribution in [2.24, 2.45) is 10.7 Å². The number of fused-ring (bicyclic) bond motifs is 1. The molecular formula is C36H47N5O7S. The monoisotopic (exact) mass is 693 g/mol.